The number of nitrogens with zero attached hydrogens (tertiary/aromatic N) is 1. The van der Waals surface area contributed by atoms with Crippen LogP contribution in [-0.4, -0.2) is 10.7 Å². The molecule has 0 aliphatic carbocycles. The fourth-order valence-electron chi connectivity index (χ4n) is 1.86. The van der Waals surface area contributed by atoms with Crippen LogP contribution in [0.3, 0.4) is 0 Å². The van der Waals surface area contributed by atoms with Crippen LogP contribution in [0.15, 0.2) is 35.7 Å². The average molecular weight is 292 g/mol. The molecule has 1 aromatic carbocycles. The maximum Gasteiger partial charge on any atom is 0.103 e. The van der Waals surface area contributed by atoms with Crippen molar-refractivity contribution in [3.05, 3.63) is 52.0 Å². The van der Waals surface area contributed by atoms with Gasteiger partial charge in [0.2, 0.25) is 0 Å². The normalized spacial score (nSPS) is 12.5. The summed E-state index contributed by atoms with van der Waals surface area (Å²) < 4.78 is 0. The van der Waals surface area contributed by atoms with E-state index < -0.39 is 0 Å². The van der Waals surface area contributed by atoms with Gasteiger partial charge in [0.15, 0.2) is 0 Å². The van der Waals surface area contributed by atoms with E-state index in [9.17, 15) is 0 Å². The number of benzene rings is 1. The highest BCUT2D eigenvalue weighted by atomic mass is 32.2. The Balaban J connectivity index is 1.89. The molecule has 2 rings (SSSR count). The Kier molecular flexibility index (Phi) is 5.89. The van der Waals surface area contributed by atoms with Crippen LogP contribution in [0.1, 0.15) is 35.7 Å². The van der Waals surface area contributed by atoms with E-state index in [0.717, 1.165) is 17.9 Å². The third-order valence-corrected chi connectivity index (χ3v) is 5.08. The molecule has 2 aromatic rings. The molecule has 1 aromatic heterocycles. The summed E-state index contributed by atoms with van der Waals surface area (Å²) in [6.07, 6.45) is 2.04. The highest BCUT2D eigenvalue weighted by Crippen LogP contribution is 2.21. The smallest absolute Gasteiger partial charge is 0.103 e. The fraction of sp³-hybridized carbons (Fsp3) is 0.400. The van der Waals surface area contributed by atoms with E-state index in [1.165, 1.54) is 22.7 Å². The number of aromatic nitrogens is 1. The molecule has 4 heteroatoms. The molecule has 0 aliphatic heterocycles. The fourth-order valence-corrected chi connectivity index (χ4v) is 3.64. The van der Waals surface area contributed by atoms with E-state index in [2.05, 4.69) is 29.4 Å². The Morgan fingerprint density at radius 2 is 2.11 bits per heavy atom. The van der Waals surface area contributed by atoms with Crippen molar-refractivity contribution in [3.8, 4) is 0 Å². The van der Waals surface area contributed by atoms with Crippen LogP contribution in [0, 0.1) is 0 Å². The lowest BCUT2D eigenvalue weighted by Crippen LogP contribution is -2.13. The summed E-state index contributed by atoms with van der Waals surface area (Å²) in [4.78, 5) is 4.67. The molecule has 1 atom stereocenters. The first kappa shape index (κ1) is 14.6. The molecule has 0 saturated heterocycles. The van der Waals surface area contributed by atoms with Crippen molar-refractivity contribution in [2.24, 2.45) is 5.73 Å². The van der Waals surface area contributed by atoms with Crippen molar-refractivity contribution in [2.45, 2.75) is 31.6 Å². The second kappa shape index (κ2) is 7.68. The molecule has 0 aliphatic rings. The molecule has 0 spiro atoms. The van der Waals surface area contributed by atoms with Gasteiger partial charge in [0, 0.05) is 23.6 Å². The molecular formula is C15H20N2S2. The van der Waals surface area contributed by atoms with Crippen LogP contribution in [0.5, 0.6) is 0 Å². The van der Waals surface area contributed by atoms with Gasteiger partial charge in [0.25, 0.3) is 0 Å². The van der Waals surface area contributed by atoms with Crippen molar-refractivity contribution < 1.29 is 0 Å². The van der Waals surface area contributed by atoms with Gasteiger partial charge in [0.1, 0.15) is 5.01 Å². The van der Waals surface area contributed by atoms with E-state index in [-0.39, 0.29) is 6.04 Å². The first-order valence-corrected chi connectivity index (χ1v) is 8.64. The van der Waals surface area contributed by atoms with E-state index in [4.69, 9.17) is 5.73 Å². The summed E-state index contributed by atoms with van der Waals surface area (Å²) in [6, 6.07) is 10.3. The maximum atomic E-state index is 6.22. The summed E-state index contributed by atoms with van der Waals surface area (Å²) in [5.74, 6) is 2.23. The lowest BCUT2D eigenvalue weighted by Gasteiger charge is -2.09. The van der Waals surface area contributed by atoms with Gasteiger partial charge in [-0.25, -0.2) is 4.98 Å². The number of hydrogen-bond acceptors (Lipinski definition) is 4. The SMILES string of the molecule is CCCSCc1nc(CC(N)c2ccccc2)cs1. The topological polar surface area (TPSA) is 38.9 Å². The summed E-state index contributed by atoms with van der Waals surface area (Å²) >= 11 is 3.70. The molecule has 1 heterocycles. The number of nitrogens with two attached hydrogens (primary N) is 1. The molecule has 1 unspecified atom stereocenters. The molecule has 0 radical (unpaired) electrons. The predicted octanol–water partition coefficient (Wildman–Crippen LogP) is 4.03. The minimum atomic E-state index is 0.0412. The molecule has 102 valence electrons. The van der Waals surface area contributed by atoms with Crippen molar-refractivity contribution in [3.63, 3.8) is 0 Å². The average Bonchev–Trinajstić information content (AvgIpc) is 2.88. The predicted molar refractivity (Wildman–Crippen MR) is 85.6 cm³/mol. The van der Waals surface area contributed by atoms with Crippen LogP contribution in [0.4, 0.5) is 0 Å². The zero-order valence-electron chi connectivity index (χ0n) is 11.2. The van der Waals surface area contributed by atoms with Gasteiger partial charge in [-0.1, -0.05) is 37.3 Å². The van der Waals surface area contributed by atoms with Crippen molar-refractivity contribution in [1.82, 2.24) is 4.98 Å². The molecule has 0 saturated carbocycles. The zero-order chi connectivity index (χ0) is 13.5. The Hall–Kier alpha value is -0.840. The van der Waals surface area contributed by atoms with Crippen molar-refractivity contribution >= 4 is 23.1 Å². The zero-order valence-corrected chi connectivity index (χ0v) is 12.8. The Morgan fingerprint density at radius 3 is 2.84 bits per heavy atom. The third kappa shape index (κ3) is 4.64. The van der Waals surface area contributed by atoms with Crippen LogP contribution >= 0.6 is 23.1 Å². The Labute approximate surface area is 123 Å². The van der Waals surface area contributed by atoms with Gasteiger partial charge in [-0.3, -0.25) is 0 Å². The number of hydrogen-bond donors (Lipinski definition) is 1. The Morgan fingerprint density at radius 1 is 1.32 bits per heavy atom. The van der Waals surface area contributed by atoms with E-state index >= 15 is 0 Å². The second-order valence-electron chi connectivity index (χ2n) is 4.51. The summed E-state index contributed by atoms with van der Waals surface area (Å²) in [5.41, 5.74) is 8.51. The molecule has 19 heavy (non-hydrogen) atoms. The van der Waals surface area contributed by atoms with Gasteiger partial charge in [-0.15, -0.1) is 11.3 Å². The highest BCUT2D eigenvalue weighted by Gasteiger charge is 2.09. The van der Waals surface area contributed by atoms with Crippen LogP contribution in [0.2, 0.25) is 0 Å². The third-order valence-electron chi connectivity index (χ3n) is 2.83. The largest absolute Gasteiger partial charge is 0.324 e. The van der Waals surface area contributed by atoms with Crippen molar-refractivity contribution in [2.75, 3.05) is 5.75 Å². The molecule has 2 N–H and O–H groups in total. The van der Waals surface area contributed by atoms with Gasteiger partial charge in [-0.2, -0.15) is 11.8 Å². The first-order valence-electron chi connectivity index (χ1n) is 6.61. The van der Waals surface area contributed by atoms with Crippen LogP contribution < -0.4 is 5.73 Å². The monoisotopic (exact) mass is 292 g/mol. The number of rotatable bonds is 7. The van der Waals surface area contributed by atoms with Gasteiger partial charge in [0.05, 0.1) is 5.69 Å². The summed E-state index contributed by atoms with van der Waals surface area (Å²) in [7, 11) is 0. The molecule has 2 nitrogen and oxygen atoms in total. The lowest BCUT2D eigenvalue weighted by molar-refractivity contribution is 0.709. The highest BCUT2D eigenvalue weighted by molar-refractivity contribution is 7.98. The second-order valence-corrected chi connectivity index (χ2v) is 6.55. The number of thiazole rings is 1. The minimum Gasteiger partial charge on any atom is -0.324 e. The standard InChI is InChI=1S/C15H20N2S2/c1-2-8-18-11-15-17-13(10-19-15)9-14(16)12-6-4-3-5-7-12/h3-7,10,14H,2,8-9,11,16H2,1H3. The van der Waals surface area contributed by atoms with E-state index in [0.29, 0.717) is 0 Å². The summed E-state index contributed by atoms with van der Waals surface area (Å²) in [5, 5.41) is 3.36. The molecular weight excluding hydrogens is 272 g/mol. The van der Waals surface area contributed by atoms with E-state index in [1.54, 1.807) is 11.3 Å². The molecule has 0 bridgehead atoms. The Bertz CT molecular complexity index is 482. The van der Waals surface area contributed by atoms with Crippen LogP contribution in [0.25, 0.3) is 0 Å². The quantitative estimate of drug-likeness (QED) is 0.783. The van der Waals surface area contributed by atoms with Gasteiger partial charge < -0.3 is 5.73 Å². The van der Waals surface area contributed by atoms with E-state index in [1.807, 2.05) is 30.0 Å². The molecule has 0 fully saturated rings. The van der Waals surface area contributed by atoms with Crippen molar-refractivity contribution in [1.29, 1.82) is 0 Å². The summed E-state index contributed by atoms with van der Waals surface area (Å²) in [6.45, 7) is 2.21. The minimum absolute atomic E-state index is 0.0412. The van der Waals surface area contributed by atoms with Gasteiger partial charge in [-0.05, 0) is 17.7 Å². The first-order chi connectivity index (χ1) is 9.29. The van der Waals surface area contributed by atoms with Gasteiger partial charge >= 0.3 is 0 Å². The lowest BCUT2D eigenvalue weighted by atomic mass is 10.0. The molecule has 0 amide bonds. The number of thioether (sulfide) groups is 1. The maximum absolute atomic E-state index is 6.22. The van der Waals surface area contributed by atoms with Crippen LogP contribution in [-0.2, 0) is 12.2 Å².